The van der Waals surface area contributed by atoms with Crippen molar-refractivity contribution in [3.63, 3.8) is 0 Å². The number of carbonyl (C=O) groups excluding carboxylic acids is 1. The van der Waals surface area contributed by atoms with Crippen molar-refractivity contribution in [2.45, 2.75) is 26.2 Å². The lowest BCUT2D eigenvalue weighted by Crippen LogP contribution is -2.41. The Balaban J connectivity index is 1.76. The van der Waals surface area contributed by atoms with Crippen LogP contribution in [0.3, 0.4) is 0 Å². The molecule has 0 N–H and O–H groups in total. The zero-order chi connectivity index (χ0) is 15.8. The van der Waals surface area contributed by atoms with Crippen molar-refractivity contribution in [3.05, 3.63) is 30.1 Å². The summed E-state index contributed by atoms with van der Waals surface area (Å²) in [5.41, 5.74) is 0. The zero-order valence-electron chi connectivity index (χ0n) is 13.1. The van der Waals surface area contributed by atoms with E-state index in [1.165, 1.54) is 12.1 Å². The van der Waals surface area contributed by atoms with E-state index in [0.29, 0.717) is 44.5 Å². The summed E-state index contributed by atoms with van der Waals surface area (Å²) in [4.78, 5) is 14.0. The van der Waals surface area contributed by atoms with Crippen molar-refractivity contribution in [1.82, 2.24) is 4.90 Å². The number of likely N-dealkylation sites (tertiary alicyclic amines) is 1. The van der Waals surface area contributed by atoms with Gasteiger partial charge in [0.15, 0.2) is 0 Å². The average Bonchev–Trinajstić information content (AvgIpc) is 2.53. The van der Waals surface area contributed by atoms with Crippen LogP contribution in [0.15, 0.2) is 24.3 Å². The number of rotatable bonds is 7. The maximum atomic E-state index is 13.1. The molecule has 1 heterocycles. The third-order valence-electron chi connectivity index (χ3n) is 3.82. The monoisotopic (exact) mass is 309 g/mol. The van der Waals surface area contributed by atoms with E-state index in [4.69, 9.17) is 9.47 Å². The van der Waals surface area contributed by atoms with Gasteiger partial charge < -0.3 is 14.4 Å². The molecule has 0 radical (unpaired) electrons. The van der Waals surface area contributed by atoms with Gasteiger partial charge in [0, 0.05) is 31.7 Å². The molecule has 1 amide bonds. The van der Waals surface area contributed by atoms with E-state index in [0.717, 1.165) is 19.4 Å². The summed E-state index contributed by atoms with van der Waals surface area (Å²) in [7, 11) is 0. The maximum absolute atomic E-state index is 13.1. The van der Waals surface area contributed by atoms with Gasteiger partial charge in [-0.05, 0) is 31.9 Å². The Kier molecular flexibility index (Phi) is 6.65. The lowest BCUT2D eigenvalue weighted by Gasteiger charge is -2.32. The summed E-state index contributed by atoms with van der Waals surface area (Å²) < 4.78 is 24.0. The summed E-state index contributed by atoms with van der Waals surface area (Å²) in [6.45, 7) is 5.07. The molecule has 22 heavy (non-hydrogen) atoms. The molecule has 0 saturated carbocycles. The Morgan fingerprint density at radius 3 is 3.09 bits per heavy atom. The van der Waals surface area contributed by atoms with Crippen molar-refractivity contribution in [2.75, 3.05) is 32.9 Å². The second-order valence-corrected chi connectivity index (χ2v) is 5.56. The molecule has 1 fully saturated rings. The van der Waals surface area contributed by atoms with E-state index in [-0.39, 0.29) is 11.7 Å². The predicted octanol–water partition coefficient (Wildman–Crippen LogP) is 2.87. The maximum Gasteiger partial charge on any atom is 0.224 e. The van der Waals surface area contributed by atoms with Crippen LogP contribution in [0, 0.1) is 11.7 Å². The van der Waals surface area contributed by atoms with Crippen molar-refractivity contribution in [1.29, 1.82) is 0 Å². The lowest BCUT2D eigenvalue weighted by molar-refractivity contribution is -0.134. The van der Waals surface area contributed by atoms with Gasteiger partial charge in [0.1, 0.15) is 11.6 Å². The number of ether oxygens (including phenoxy) is 2. The number of amides is 1. The van der Waals surface area contributed by atoms with Gasteiger partial charge in [-0.2, -0.15) is 0 Å². The van der Waals surface area contributed by atoms with Gasteiger partial charge in [-0.1, -0.05) is 6.07 Å². The number of piperidine rings is 1. The first-order valence-corrected chi connectivity index (χ1v) is 7.93. The van der Waals surface area contributed by atoms with Gasteiger partial charge >= 0.3 is 0 Å². The van der Waals surface area contributed by atoms with Crippen LogP contribution in [-0.2, 0) is 9.53 Å². The van der Waals surface area contributed by atoms with Crippen LogP contribution in [0.25, 0.3) is 0 Å². The molecule has 122 valence electrons. The van der Waals surface area contributed by atoms with Crippen molar-refractivity contribution in [2.24, 2.45) is 5.92 Å². The zero-order valence-corrected chi connectivity index (χ0v) is 13.1. The normalized spacial score (nSPS) is 18.3. The molecule has 1 saturated heterocycles. The third kappa shape index (κ3) is 5.30. The Labute approximate surface area is 131 Å². The average molecular weight is 309 g/mol. The van der Waals surface area contributed by atoms with Crippen LogP contribution in [0.1, 0.15) is 26.2 Å². The highest BCUT2D eigenvalue weighted by atomic mass is 19.1. The van der Waals surface area contributed by atoms with Gasteiger partial charge in [-0.15, -0.1) is 0 Å². The minimum atomic E-state index is -0.297. The van der Waals surface area contributed by atoms with Crippen LogP contribution in [0.4, 0.5) is 4.39 Å². The standard InChI is InChI=1S/C17H24FNO3/c1-2-21-10-8-17(20)19-9-4-5-14(12-19)13-22-16-7-3-6-15(18)11-16/h3,6-7,11,14H,2,4-5,8-10,12-13H2,1H3. The molecule has 1 aliphatic rings. The fourth-order valence-electron chi connectivity index (χ4n) is 2.66. The van der Waals surface area contributed by atoms with Gasteiger partial charge in [0.05, 0.1) is 19.6 Å². The molecule has 1 aliphatic heterocycles. The number of hydrogen-bond donors (Lipinski definition) is 0. The Morgan fingerprint density at radius 1 is 1.45 bits per heavy atom. The molecule has 1 atom stereocenters. The molecule has 0 aliphatic carbocycles. The quantitative estimate of drug-likeness (QED) is 0.727. The first-order chi connectivity index (χ1) is 10.7. The van der Waals surface area contributed by atoms with Gasteiger partial charge in [0.25, 0.3) is 0 Å². The summed E-state index contributed by atoms with van der Waals surface area (Å²) in [6.07, 6.45) is 2.45. The predicted molar refractivity (Wildman–Crippen MR) is 82.3 cm³/mol. The number of halogens is 1. The van der Waals surface area contributed by atoms with E-state index >= 15 is 0 Å². The van der Waals surface area contributed by atoms with E-state index in [1.807, 2.05) is 11.8 Å². The van der Waals surface area contributed by atoms with E-state index in [1.54, 1.807) is 12.1 Å². The van der Waals surface area contributed by atoms with E-state index in [2.05, 4.69) is 0 Å². The fraction of sp³-hybridized carbons (Fsp3) is 0.588. The SMILES string of the molecule is CCOCCC(=O)N1CCCC(COc2cccc(F)c2)C1. The van der Waals surface area contributed by atoms with Crippen molar-refractivity contribution < 1.29 is 18.7 Å². The topological polar surface area (TPSA) is 38.8 Å². The van der Waals surface area contributed by atoms with Crippen LogP contribution in [0.2, 0.25) is 0 Å². The molecule has 1 aromatic carbocycles. The molecule has 0 aromatic heterocycles. The fourth-order valence-corrected chi connectivity index (χ4v) is 2.66. The highest BCUT2D eigenvalue weighted by Crippen LogP contribution is 2.20. The van der Waals surface area contributed by atoms with E-state index < -0.39 is 0 Å². The largest absolute Gasteiger partial charge is 0.493 e. The highest BCUT2D eigenvalue weighted by molar-refractivity contribution is 5.76. The minimum absolute atomic E-state index is 0.143. The Hall–Kier alpha value is -1.62. The van der Waals surface area contributed by atoms with Crippen LogP contribution < -0.4 is 4.74 Å². The first kappa shape index (κ1) is 16.7. The number of hydrogen-bond acceptors (Lipinski definition) is 3. The molecule has 0 spiro atoms. The molecule has 2 rings (SSSR count). The molecular formula is C17H24FNO3. The molecule has 5 heteroatoms. The molecular weight excluding hydrogens is 285 g/mol. The number of carbonyl (C=O) groups is 1. The smallest absolute Gasteiger partial charge is 0.224 e. The minimum Gasteiger partial charge on any atom is -0.493 e. The molecule has 4 nitrogen and oxygen atoms in total. The molecule has 1 unspecified atom stereocenters. The third-order valence-corrected chi connectivity index (χ3v) is 3.82. The first-order valence-electron chi connectivity index (χ1n) is 7.93. The van der Waals surface area contributed by atoms with Crippen LogP contribution >= 0.6 is 0 Å². The number of nitrogens with zero attached hydrogens (tertiary/aromatic N) is 1. The summed E-state index contributed by atoms with van der Waals surface area (Å²) in [5, 5.41) is 0. The highest BCUT2D eigenvalue weighted by Gasteiger charge is 2.23. The van der Waals surface area contributed by atoms with Crippen molar-refractivity contribution in [3.8, 4) is 5.75 Å². The molecule has 0 bridgehead atoms. The summed E-state index contributed by atoms with van der Waals surface area (Å²) >= 11 is 0. The van der Waals surface area contributed by atoms with Crippen molar-refractivity contribution >= 4 is 5.91 Å². The van der Waals surface area contributed by atoms with E-state index in [9.17, 15) is 9.18 Å². The second-order valence-electron chi connectivity index (χ2n) is 5.56. The second kappa shape index (κ2) is 8.73. The Morgan fingerprint density at radius 2 is 2.32 bits per heavy atom. The van der Waals surface area contributed by atoms with Crippen LogP contribution in [0.5, 0.6) is 5.75 Å². The van der Waals surface area contributed by atoms with Crippen LogP contribution in [-0.4, -0.2) is 43.7 Å². The molecule has 1 aromatic rings. The van der Waals surface area contributed by atoms with Gasteiger partial charge in [-0.3, -0.25) is 4.79 Å². The summed E-state index contributed by atoms with van der Waals surface area (Å²) in [6, 6.07) is 6.16. The summed E-state index contributed by atoms with van der Waals surface area (Å²) in [5.74, 6) is 0.686. The number of benzene rings is 1. The lowest BCUT2D eigenvalue weighted by atomic mass is 9.98. The van der Waals surface area contributed by atoms with Gasteiger partial charge in [0.2, 0.25) is 5.91 Å². The Bertz CT molecular complexity index is 481. The van der Waals surface area contributed by atoms with Gasteiger partial charge in [-0.25, -0.2) is 4.39 Å².